The molecule has 1 aliphatic carbocycles. The molecule has 0 spiro atoms. The third kappa shape index (κ3) is 2.58. The third-order valence-electron chi connectivity index (χ3n) is 2.55. The van der Waals surface area contributed by atoms with Crippen LogP contribution in [-0.2, 0) is 9.47 Å². The number of aliphatic imine (C=N–C) groups is 1. The Morgan fingerprint density at radius 1 is 1.23 bits per heavy atom. The van der Waals surface area contributed by atoms with Gasteiger partial charge in [-0.15, -0.1) is 0 Å². The second kappa shape index (κ2) is 5.45. The van der Waals surface area contributed by atoms with E-state index in [4.69, 9.17) is 9.47 Å². The monoisotopic (exact) mass is 201 g/mol. The van der Waals surface area contributed by atoms with Crippen LogP contribution in [-0.4, -0.2) is 37.6 Å². The first-order valence-corrected chi connectivity index (χ1v) is 4.87. The number of hydrogen-bond donors (Lipinski definition) is 0. The van der Waals surface area contributed by atoms with E-state index in [9.17, 15) is 0 Å². The minimum atomic E-state index is 0.0289. The average Bonchev–Trinajstić information content (AvgIpc) is 2.18. The van der Waals surface area contributed by atoms with Crippen LogP contribution in [0.2, 0.25) is 0 Å². The second-order valence-electron chi connectivity index (χ2n) is 3.19. The summed E-state index contributed by atoms with van der Waals surface area (Å²) in [5.41, 5.74) is 0. The molecule has 1 fully saturated rings. The van der Waals surface area contributed by atoms with Crippen molar-refractivity contribution in [3.63, 3.8) is 0 Å². The second-order valence-corrected chi connectivity index (χ2v) is 3.37. The van der Waals surface area contributed by atoms with E-state index in [1.807, 2.05) is 0 Å². The molecule has 74 valence electrons. The summed E-state index contributed by atoms with van der Waals surface area (Å²) in [5, 5.41) is 2.41. The fraction of sp³-hybridized carbons (Fsp3) is 0.889. The van der Waals surface area contributed by atoms with Crippen molar-refractivity contribution in [2.45, 2.75) is 37.5 Å². The maximum Gasteiger partial charge on any atom is 0.112 e. The Labute approximate surface area is 84.1 Å². The largest absolute Gasteiger partial charge is 0.379 e. The Hall–Kier alpha value is -0.280. The molecule has 0 N–H and O–H groups in total. The Morgan fingerprint density at radius 3 is 2.15 bits per heavy atom. The number of rotatable bonds is 3. The lowest BCUT2D eigenvalue weighted by Crippen LogP contribution is -2.41. The van der Waals surface area contributed by atoms with Gasteiger partial charge < -0.3 is 9.47 Å². The molecule has 0 aromatic carbocycles. The summed E-state index contributed by atoms with van der Waals surface area (Å²) in [5.74, 6) is 0. The Balaban J connectivity index is 2.69. The lowest BCUT2D eigenvalue weighted by atomic mass is 9.90. The summed E-state index contributed by atoms with van der Waals surface area (Å²) in [7, 11) is 3.41. The van der Waals surface area contributed by atoms with Crippen LogP contribution in [0.3, 0.4) is 0 Å². The molecule has 1 unspecified atom stereocenters. The van der Waals surface area contributed by atoms with Gasteiger partial charge in [-0.1, -0.05) is 0 Å². The normalized spacial score (nSPS) is 33.8. The predicted molar refractivity (Wildman–Crippen MR) is 54.3 cm³/mol. The van der Waals surface area contributed by atoms with Crippen molar-refractivity contribution >= 4 is 17.4 Å². The van der Waals surface area contributed by atoms with Crippen molar-refractivity contribution < 1.29 is 9.47 Å². The number of hydrogen-bond acceptors (Lipinski definition) is 4. The van der Waals surface area contributed by atoms with Crippen LogP contribution >= 0.6 is 12.2 Å². The molecule has 4 heteroatoms. The van der Waals surface area contributed by atoms with Crippen LogP contribution in [0.4, 0.5) is 0 Å². The average molecular weight is 201 g/mol. The van der Waals surface area contributed by atoms with Gasteiger partial charge in [0.25, 0.3) is 0 Å². The minimum Gasteiger partial charge on any atom is -0.379 e. The number of thiocarbonyl (C=S) groups is 1. The standard InChI is InChI=1S/C9H15NO2S/c1-11-7-4-3-5-8(12-2)9(7)10-6-13/h7-9H,3-5H2,1-2H3/t7-,8+,9?. The van der Waals surface area contributed by atoms with Crippen LogP contribution in [0.25, 0.3) is 0 Å². The van der Waals surface area contributed by atoms with E-state index in [2.05, 4.69) is 22.4 Å². The molecule has 0 aromatic heterocycles. The molecule has 0 aromatic rings. The molecular weight excluding hydrogens is 186 g/mol. The molecule has 1 rings (SSSR count). The van der Waals surface area contributed by atoms with Crippen LogP contribution in [0.1, 0.15) is 19.3 Å². The van der Waals surface area contributed by atoms with Crippen molar-refractivity contribution in [3.8, 4) is 0 Å². The molecule has 13 heavy (non-hydrogen) atoms. The van der Waals surface area contributed by atoms with E-state index >= 15 is 0 Å². The molecule has 0 aliphatic heterocycles. The third-order valence-corrected chi connectivity index (χ3v) is 2.65. The first kappa shape index (κ1) is 10.8. The number of nitrogens with zero attached hydrogens (tertiary/aromatic N) is 1. The number of isothiocyanates is 1. The molecule has 1 saturated carbocycles. The molecule has 0 saturated heterocycles. The fourth-order valence-electron chi connectivity index (χ4n) is 1.84. The summed E-state index contributed by atoms with van der Waals surface area (Å²) >= 11 is 4.61. The summed E-state index contributed by atoms with van der Waals surface area (Å²) in [6.45, 7) is 0. The highest BCUT2D eigenvalue weighted by Gasteiger charge is 2.33. The number of ether oxygens (including phenoxy) is 2. The SMILES string of the molecule is CO[C@H]1CCC[C@@H](OC)C1N=C=S. The van der Waals surface area contributed by atoms with E-state index in [0.29, 0.717) is 0 Å². The zero-order chi connectivity index (χ0) is 9.68. The summed E-state index contributed by atoms with van der Waals surface area (Å²) in [6.07, 6.45) is 3.45. The van der Waals surface area contributed by atoms with Crippen molar-refractivity contribution in [3.05, 3.63) is 0 Å². The highest BCUT2D eigenvalue weighted by Crippen LogP contribution is 2.25. The molecule has 0 heterocycles. The molecular formula is C9H15NO2S. The Kier molecular flexibility index (Phi) is 4.53. The van der Waals surface area contributed by atoms with Gasteiger partial charge in [0.05, 0.1) is 17.4 Å². The lowest BCUT2D eigenvalue weighted by molar-refractivity contribution is -0.0268. The van der Waals surface area contributed by atoms with Crippen molar-refractivity contribution in [1.29, 1.82) is 0 Å². The van der Waals surface area contributed by atoms with E-state index in [1.165, 1.54) is 0 Å². The van der Waals surface area contributed by atoms with E-state index in [-0.39, 0.29) is 18.2 Å². The van der Waals surface area contributed by atoms with Gasteiger partial charge in [-0.2, -0.15) is 0 Å². The molecule has 0 radical (unpaired) electrons. The van der Waals surface area contributed by atoms with Gasteiger partial charge >= 0.3 is 0 Å². The van der Waals surface area contributed by atoms with Gasteiger partial charge in [0, 0.05) is 14.2 Å². The maximum atomic E-state index is 5.33. The van der Waals surface area contributed by atoms with Crippen LogP contribution < -0.4 is 0 Å². The summed E-state index contributed by atoms with van der Waals surface area (Å²) in [4.78, 5) is 4.10. The van der Waals surface area contributed by atoms with E-state index in [0.717, 1.165) is 19.3 Å². The minimum absolute atomic E-state index is 0.0289. The van der Waals surface area contributed by atoms with Crippen LogP contribution in [0, 0.1) is 0 Å². The molecule has 0 bridgehead atoms. The highest BCUT2D eigenvalue weighted by molar-refractivity contribution is 7.78. The van der Waals surface area contributed by atoms with E-state index in [1.54, 1.807) is 14.2 Å². The lowest BCUT2D eigenvalue weighted by Gasteiger charge is -2.32. The van der Waals surface area contributed by atoms with E-state index < -0.39 is 0 Å². The molecule has 0 amide bonds. The summed E-state index contributed by atoms with van der Waals surface area (Å²) in [6, 6.07) is 0.0289. The van der Waals surface area contributed by atoms with Gasteiger partial charge in [-0.25, -0.2) is 4.99 Å². The highest BCUT2D eigenvalue weighted by atomic mass is 32.1. The van der Waals surface area contributed by atoms with Crippen LogP contribution in [0.5, 0.6) is 0 Å². The Morgan fingerprint density at radius 2 is 1.77 bits per heavy atom. The fourth-order valence-corrected chi connectivity index (χ4v) is 1.96. The molecule has 3 nitrogen and oxygen atoms in total. The topological polar surface area (TPSA) is 30.8 Å². The van der Waals surface area contributed by atoms with Gasteiger partial charge in [0.15, 0.2) is 0 Å². The predicted octanol–water partition coefficient (Wildman–Crippen LogP) is 1.67. The van der Waals surface area contributed by atoms with Crippen molar-refractivity contribution in [2.75, 3.05) is 14.2 Å². The first-order chi connectivity index (χ1) is 6.33. The Bertz CT molecular complexity index is 192. The van der Waals surface area contributed by atoms with Crippen LogP contribution in [0.15, 0.2) is 4.99 Å². The first-order valence-electron chi connectivity index (χ1n) is 4.46. The van der Waals surface area contributed by atoms with Gasteiger partial charge in [-0.05, 0) is 31.5 Å². The van der Waals surface area contributed by atoms with Gasteiger partial charge in [-0.3, -0.25) is 0 Å². The van der Waals surface area contributed by atoms with Gasteiger partial charge in [0.2, 0.25) is 0 Å². The molecule has 1 aliphatic rings. The molecule has 3 atom stereocenters. The van der Waals surface area contributed by atoms with Gasteiger partial charge in [0.1, 0.15) is 6.04 Å². The smallest absolute Gasteiger partial charge is 0.112 e. The summed E-state index contributed by atoms with van der Waals surface area (Å²) < 4.78 is 10.7. The van der Waals surface area contributed by atoms with Crippen molar-refractivity contribution in [1.82, 2.24) is 0 Å². The number of methoxy groups -OCH3 is 2. The zero-order valence-corrected chi connectivity index (χ0v) is 8.84. The zero-order valence-electron chi connectivity index (χ0n) is 8.03. The van der Waals surface area contributed by atoms with Crippen molar-refractivity contribution in [2.24, 2.45) is 4.99 Å². The maximum absolute atomic E-state index is 5.33. The quantitative estimate of drug-likeness (QED) is 0.514.